The molecule has 0 bridgehead atoms. The number of benzene rings is 1. The molecule has 0 aliphatic heterocycles. The van der Waals surface area contributed by atoms with Crippen molar-refractivity contribution in [2.75, 3.05) is 7.05 Å². The maximum atomic E-state index is 12.7. The molecule has 24 heavy (non-hydrogen) atoms. The zero-order valence-corrected chi connectivity index (χ0v) is 13.6. The van der Waals surface area contributed by atoms with Crippen LogP contribution < -0.4 is 0 Å². The standard InChI is InChI=1S/C17H17N5O2/c1-10-13(8-18-16(19-10)12-4-5-12)17(23)22(2)9-11-3-6-14-15(7-11)21-24-20-14/h3,6-8,12H,4-5,9H2,1-2H3. The van der Waals surface area contributed by atoms with E-state index in [9.17, 15) is 4.79 Å². The largest absolute Gasteiger partial charge is 0.337 e. The highest BCUT2D eigenvalue weighted by atomic mass is 16.6. The highest BCUT2D eigenvalue weighted by Crippen LogP contribution is 2.37. The lowest BCUT2D eigenvalue weighted by Gasteiger charge is -2.18. The summed E-state index contributed by atoms with van der Waals surface area (Å²) in [5.41, 5.74) is 3.63. The third-order valence-electron chi connectivity index (χ3n) is 4.26. The number of carbonyl (C=O) groups is 1. The highest BCUT2D eigenvalue weighted by molar-refractivity contribution is 5.94. The van der Waals surface area contributed by atoms with Gasteiger partial charge in [-0.3, -0.25) is 4.79 Å². The Bertz CT molecular complexity index is 916. The van der Waals surface area contributed by atoms with E-state index in [-0.39, 0.29) is 5.91 Å². The Labute approximate surface area is 138 Å². The van der Waals surface area contributed by atoms with E-state index in [2.05, 4.69) is 20.3 Å². The number of fused-ring (bicyclic) bond motifs is 1. The van der Waals surface area contributed by atoms with Gasteiger partial charge in [-0.15, -0.1) is 0 Å². The Kier molecular flexibility index (Phi) is 3.48. The van der Waals surface area contributed by atoms with Crippen LogP contribution in [0, 0.1) is 6.92 Å². The van der Waals surface area contributed by atoms with Crippen molar-refractivity contribution in [3.8, 4) is 0 Å². The van der Waals surface area contributed by atoms with E-state index in [1.54, 1.807) is 18.1 Å². The number of nitrogens with zero attached hydrogens (tertiary/aromatic N) is 5. The molecule has 3 aromatic rings. The van der Waals surface area contributed by atoms with Gasteiger partial charge in [0.1, 0.15) is 16.9 Å². The smallest absolute Gasteiger partial charge is 0.257 e. The molecular weight excluding hydrogens is 306 g/mol. The number of aryl methyl sites for hydroxylation is 1. The number of rotatable bonds is 4. The second kappa shape index (κ2) is 5.67. The third kappa shape index (κ3) is 2.73. The molecule has 2 aromatic heterocycles. The minimum absolute atomic E-state index is 0.0896. The third-order valence-corrected chi connectivity index (χ3v) is 4.26. The fraction of sp³-hybridized carbons (Fsp3) is 0.353. The Hall–Kier alpha value is -2.83. The molecule has 0 atom stereocenters. The number of carbonyl (C=O) groups excluding carboxylic acids is 1. The molecule has 1 amide bonds. The van der Waals surface area contributed by atoms with Gasteiger partial charge >= 0.3 is 0 Å². The SMILES string of the molecule is Cc1nc(C2CC2)ncc1C(=O)N(C)Cc1ccc2nonc2c1. The summed E-state index contributed by atoms with van der Waals surface area (Å²) in [6.07, 6.45) is 3.94. The van der Waals surface area contributed by atoms with Crippen molar-refractivity contribution in [2.24, 2.45) is 0 Å². The van der Waals surface area contributed by atoms with Crippen LogP contribution in [0.2, 0.25) is 0 Å². The first-order valence-corrected chi connectivity index (χ1v) is 7.92. The molecule has 1 aromatic carbocycles. The Balaban J connectivity index is 1.52. The average molecular weight is 323 g/mol. The molecule has 0 spiro atoms. The minimum Gasteiger partial charge on any atom is -0.337 e. The summed E-state index contributed by atoms with van der Waals surface area (Å²) in [6, 6.07) is 5.61. The number of aromatic nitrogens is 4. The van der Waals surface area contributed by atoms with E-state index < -0.39 is 0 Å². The van der Waals surface area contributed by atoms with Crippen molar-refractivity contribution in [1.82, 2.24) is 25.2 Å². The van der Waals surface area contributed by atoms with Crippen LogP contribution in [-0.4, -0.2) is 38.1 Å². The lowest BCUT2D eigenvalue weighted by atomic mass is 10.1. The fourth-order valence-electron chi connectivity index (χ4n) is 2.71. The first-order valence-electron chi connectivity index (χ1n) is 7.92. The molecule has 0 N–H and O–H groups in total. The lowest BCUT2D eigenvalue weighted by molar-refractivity contribution is 0.0783. The van der Waals surface area contributed by atoms with Gasteiger partial charge in [0.2, 0.25) is 0 Å². The zero-order chi connectivity index (χ0) is 16.7. The molecule has 0 unspecified atom stereocenters. The molecule has 7 heteroatoms. The van der Waals surface area contributed by atoms with Crippen LogP contribution in [0.5, 0.6) is 0 Å². The normalized spacial score (nSPS) is 14.1. The Morgan fingerprint density at radius 3 is 2.83 bits per heavy atom. The van der Waals surface area contributed by atoms with Crippen molar-refractivity contribution in [2.45, 2.75) is 32.2 Å². The van der Waals surface area contributed by atoms with Crippen molar-refractivity contribution in [3.63, 3.8) is 0 Å². The fourth-order valence-corrected chi connectivity index (χ4v) is 2.71. The number of hydrogen-bond acceptors (Lipinski definition) is 6. The van der Waals surface area contributed by atoms with E-state index in [0.717, 1.165) is 29.9 Å². The van der Waals surface area contributed by atoms with Crippen LogP contribution in [0.1, 0.15) is 46.2 Å². The Morgan fingerprint density at radius 1 is 1.29 bits per heavy atom. The first kappa shape index (κ1) is 14.7. The molecule has 1 fully saturated rings. The molecule has 4 rings (SSSR count). The molecule has 1 aliphatic rings. The van der Waals surface area contributed by atoms with Crippen molar-refractivity contribution in [1.29, 1.82) is 0 Å². The van der Waals surface area contributed by atoms with Crippen LogP contribution >= 0.6 is 0 Å². The van der Waals surface area contributed by atoms with Gasteiger partial charge in [-0.2, -0.15) is 0 Å². The second-order valence-corrected chi connectivity index (χ2v) is 6.25. The topological polar surface area (TPSA) is 85.0 Å². The summed E-state index contributed by atoms with van der Waals surface area (Å²) < 4.78 is 4.70. The van der Waals surface area contributed by atoms with Crippen LogP contribution in [0.3, 0.4) is 0 Å². The van der Waals surface area contributed by atoms with Gasteiger partial charge in [0.05, 0.1) is 11.3 Å². The van der Waals surface area contributed by atoms with E-state index in [0.29, 0.717) is 29.1 Å². The van der Waals surface area contributed by atoms with Gasteiger partial charge in [-0.1, -0.05) is 6.07 Å². The van der Waals surface area contributed by atoms with E-state index >= 15 is 0 Å². The summed E-state index contributed by atoms with van der Waals surface area (Å²) in [5.74, 6) is 1.25. The maximum absolute atomic E-state index is 12.7. The van der Waals surface area contributed by atoms with Crippen LogP contribution in [0.15, 0.2) is 29.0 Å². The van der Waals surface area contributed by atoms with Crippen LogP contribution in [-0.2, 0) is 6.54 Å². The van der Waals surface area contributed by atoms with Gasteiger partial charge in [0.15, 0.2) is 0 Å². The quantitative estimate of drug-likeness (QED) is 0.733. The predicted octanol–water partition coefficient (Wildman–Crippen LogP) is 2.47. The van der Waals surface area contributed by atoms with Crippen molar-refractivity contribution in [3.05, 3.63) is 47.0 Å². The van der Waals surface area contributed by atoms with Crippen molar-refractivity contribution >= 4 is 16.9 Å². The number of amides is 1. The van der Waals surface area contributed by atoms with Crippen LogP contribution in [0.4, 0.5) is 0 Å². The summed E-state index contributed by atoms with van der Waals surface area (Å²) in [6.45, 7) is 2.33. The monoisotopic (exact) mass is 323 g/mol. The summed E-state index contributed by atoms with van der Waals surface area (Å²) in [5, 5.41) is 7.60. The zero-order valence-electron chi connectivity index (χ0n) is 13.6. The molecule has 0 radical (unpaired) electrons. The average Bonchev–Trinajstić information content (AvgIpc) is 3.32. The molecule has 122 valence electrons. The van der Waals surface area contributed by atoms with Gasteiger partial charge < -0.3 is 4.90 Å². The first-order chi connectivity index (χ1) is 11.6. The molecule has 1 saturated carbocycles. The van der Waals surface area contributed by atoms with Crippen molar-refractivity contribution < 1.29 is 9.42 Å². The summed E-state index contributed by atoms with van der Waals surface area (Å²) >= 11 is 0. The number of hydrogen-bond donors (Lipinski definition) is 0. The molecule has 7 nitrogen and oxygen atoms in total. The summed E-state index contributed by atoms with van der Waals surface area (Å²) in [7, 11) is 1.77. The van der Waals surface area contributed by atoms with Gasteiger partial charge in [-0.25, -0.2) is 14.6 Å². The maximum Gasteiger partial charge on any atom is 0.257 e. The van der Waals surface area contributed by atoms with E-state index in [1.807, 2.05) is 25.1 Å². The van der Waals surface area contributed by atoms with Gasteiger partial charge in [0.25, 0.3) is 5.91 Å². The van der Waals surface area contributed by atoms with Gasteiger partial charge in [0, 0.05) is 25.7 Å². The molecular formula is C17H17N5O2. The summed E-state index contributed by atoms with van der Waals surface area (Å²) in [4.78, 5) is 23.2. The van der Waals surface area contributed by atoms with Gasteiger partial charge in [-0.05, 0) is 47.8 Å². The van der Waals surface area contributed by atoms with E-state index in [4.69, 9.17) is 4.63 Å². The second-order valence-electron chi connectivity index (χ2n) is 6.25. The van der Waals surface area contributed by atoms with Crippen LogP contribution in [0.25, 0.3) is 11.0 Å². The molecule has 0 saturated heterocycles. The molecule has 1 aliphatic carbocycles. The Morgan fingerprint density at radius 2 is 2.08 bits per heavy atom. The molecule has 2 heterocycles. The van der Waals surface area contributed by atoms with E-state index in [1.165, 1.54) is 0 Å². The lowest BCUT2D eigenvalue weighted by Crippen LogP contribution is -2.27. The minimum atomic E-state index is -0.0896. The highest BCUT2D eigenvalue weighted by Gasteiger charge is 2.27. The predicted molar refractivity (Wildman–Crippen MR) is 86.3 cm³/mol.